The van der Waals surface area contributed by atoms with E-state index in [0.29, 0.717) is 0 Å². The lowest BCUT2D eigenvalue weighted by molar-refractivity contribution is 0.669. The van der Waals surface area contributed by atoms with Gasteiger partial charge in [-0.15, -0.1) is 0 Å². The van der Waals surface area contributed by atoms with Crippen LogP contribution in [-0.2, 0) is 6.42 Å². The molecule has 1 heterocycles. The highest BCUT2D eigenvalue weighted by atomic mass is 16.3. The fourth-order valence-corrected chi connectivity index (χ4v) is 6.79. The van der Waals surface area contributed by atoms with Crippen LogP contribution in [0.5, 0.6) is 0 Å². The number of para-hydroxylation sites is 2. The predicted octanol–water partition coefficient (Wildman–Crippen LogP) is 10.9. The van der Waals surface area contributed by atoms with Crippen molar-refractivity contribution in [2.75, 3.05) is 4.90 Å². The van der Waals surface area contributed by atoms with Crippen LogP contribution in [0.2, 0.25) is 0 Å². The first kappa shape index (κ1) is 22.5. The molecule has 8 aromatic rings. The van der Waals surface area contributed by atoms with Gasteiger partial charge in [0.25, 0.3) is 0 Å². The summed E-state index contributed by atoms with van der Waals surface area (Å²) in [5, 5.41) is 7.48. The third-order valence-electron chi connectivity index (χ3n) is 8.65. The van der Waals surface area contributed by atoms with Gasteiger partial charge in [-0.25, -0.2) is 0 Å². The zero-order valence-electron chi connectivity index (χ0n) is 22.3. The standard InChI is InChI=1S/C39H25NO/c1-2-10-29(11-3-1)40(30-17-14-25-8-4-5-9-26(25)22-30)31-18-20-32-27(23-31)15-19-33-35(32)24-28-16-21-37-39(38(28)33)34-12-6-7-13-36(34)41-37/h1-23H,24H2. The van der Waals surface area contributed by atoms with E-state index in [2.05, 4.69) is 138 Å². The van der Waals surface area contributed by atoms with Gasteiger partial charge in [-0.05, 0) is 98.8 Å². The molecule has 0 amide bonds. The Balaban J connectivity index is 1.22. The molecule has 0 bridgehead atoms. The quantitative estimate of drug-likeness (QED) is 0.229. The summed E-state index contributed by atoms with van der Waals surface area (Å²) in [6, 6.07) is 50.2. The second-order valence-corrected chi connectivity index (χ2v) is 10.9. The van der Waals surface area contributed by atoms with Gasteiger partial charge in [0.2, 0.25) is 0 Å². The van der Waals surface area contributed by atoms with E-state index < -0.39 is 0 Å². The van der Waals surface area contributed by atoms with Crippen molar-refractivity contribution in [3.63, 3.8) is 0 Å². The average molecular weight is 524 g/mol. The molecular weight excluding hydrogens is 498 g/mol. The van der Waals surface area contributed by atoms with Crippen LogP contribution in [0.3, 0.4) is 0 Å². The fourth-order valence-electron chi connectivity index (χ4n) is 6.79. The highest BCUT2D eigenvalue weighted by Gasteiger charge is 2.25. The van der Waals surface area contributed by atoms with E-state index in [-0.39, 0.29) is 0 Å². The van der Waals surface area contributed by atoms with Crippen LogP contribution >= 0.6 is 0 Å². The zero-order valence-corrected chi connectivity index (χ0v) is 22.3. The first-order valence-electron chi connectivity index (χ1n) is 14.1. The Morgan fingerprint density at radius 2 is 1.22 bits per heavy atom. The van der Waals surface area contributed by atoms with Gasteiger partial charge in [0.1, 0.15) is 11.2 Å². The van der Waals surface area contributed by atoms with Gasteiger partial charge >= 0.3 is 0 Å². The summed E-state index contributed by atoms with van der Waals surface area (Å²) >= 11 is 0. The molecule has 0 saturated heterocycles. The predicted molar refractivity (Wildman–Crippen MR) is 172 cm³/mol. The van der Waals surface area contributed by atoms with Crippen LogP contribution in [0.1, 0.15) is 11.1 Å². The number of hydrogen-bond donors (Lipinski definition) is 0. The second-order valence-electron chi connectivity index (χ2n) is 10.9. The molecule has 0 saturated carbocycles. The van der Waals surface area contributed by atoms with Crippen LogP contribution in [0.15, 0.2) is 144 Å². The minimum Gasteiger partial charge on any atom is -0.456 e. The highest BCUT2D eigenvalue weighted by molar-refractivity contribution is 6.15. The van der Waals surface area contributed by atoms with E-state index in [1.165, 1.54) is 54.6 Å². The van der Waals surface area contributed by atoms with Crippen LogP contribution in [0, 0.1) is 0 Å². The first-order chi connectivity index (χ1) is 20.3. The summed E-state index contributed by atoms with van der Waals surface area (Å²) in [6.07, 6.45) is 0.934. The van der Waals surface area contributed by atoms with Gasteiger partial charge < -0.3 is 9.32 Å². The van der Waals surface area contributed by atoms with Gasteiger partial charge in [0, 0.05) is 27.8 Å². The molecule has 192 valence electrons. The number of hydrogen-bond acceptors (Lipinski definition) is 2. The van der Waals surface area contributed by atoms with Crippen LogP contribution in [-0.4, -0.2) is 0 Å². The first-order valence-corrected chi connectivity index (χ1v) is 14.1. The Labute approximate surface area is 237 Å². The Kier molecular flexibility index (Phi) is 4.70. The maximum Gasteiger partial charge on any atom is 0.136 e. The van der Waals surface area contributed by atoms with Crippen molar-refractivity contribution in [2.24, 2.45) is 0 Å². The van der Waals surface area contributed by atoms with Crippen molar-refractivity contribution in [3.05, 3.63) is 151 Å². The third kappa shape index (κ3) is 3.38. The molecule has 7 aromatic carbocycles. The molecular formula is C39H25NO. The van der Waals surface area contributed by atoms with Crippen molar-refractivity contribution >= 4 is 60.5 Å². The van der Waals surface area contributed by atoms with E-state index in [1.54, 1.807) is 0 Å². The molecule has 2 heteroatoms. The Morgan fingerprint density at radius 3 is 2.12 bits per heavy atom. The summed E-state index contributed by atoms with van der Waals surface area (Å²) in [7, 11) is 0. The monoisotopic (exact) mass is 523 g/mol. The molecule has 0 spiro atoms. The molecule has 2 nitrogen and oxygen atoms in total. The summed E-state index contributed by atoms with van der Waals surface area (Å²) < 4.78 is 6.23. The van der Waals surface area contributed by atoms with Crippen molar-refractivity contribution in [2.45, 2.75) is 6.42 Å². The smallest absolute Gasteiger partial charge is 0.136 e. The average Bonchev–Trinajstić information content (AvgIpc) is 3.60. The summed E-state index contributed by atoms with van der Waals surface area (Å²) in [5.74, 6) is 0. The van der Waals surface area contributed by atoms with E-state index in [0.717, 1.165) is 34.6 Å². The third-order valence-corrected chi connectivity index (χ3v) is 8.65. The molecule has 0 atom stereocenters. The number of benzene rings is 7. The molecule has 1 aliphatic rings. The van der Waals surface area contributed by atoms with E-state index in [9.17, 15) is 0 Å². The second kappa shape index (κ2) is 8.58. The highest BCUT2D eigenvalue weighted by Crippen LogP contribution is 2.47. The molecule has 1 aliphatic carbocycles. The van der Waals surface area contributed by atoms with Gasteiger partial charge in [0.05, 0.1) is 0 Å². The van der Waals surface area contributed by atoms with Crippen LogP contribution in [0.4, 0.5) is 17.1 Å². The fraction of sp³-hybridized carbons (Fsp3) is 0.0256. The zero-order chi connectivity index (χ0) is 26.9. The normalized spacial score (nSPS) is 12.3. The van der Waals surface area contributed by atoms with Gasteiger partial charge in [0.15, 0.2) is 0 Å². The molecule has 41 heavy (non-hydrogen) atoms. The van der Waals surface area contributed by atoms with Gasteiger partial charge in [-0.3, -0.25) is 0 Å². The molecule has 1 aromatic heterocycles. The minimum absolute atomic E-state index is 0.934. The van der Waals surface area contributed by atoms with Crippen molar-refractivity contribution in [1.82, 2.24) is 0 Å². The summed E-state index contributed by atoms with van der Waals surface area (Å²) in [4.78, 5) is 2.36. The Morgan fingerprint density at radius 1 is 0.488 bits per heavy atom. The van der Waals surface area contributed by atoms with Crippen LogP contribution < -0.4 is 4.90 Å². The Hall–Kier alpha value is -5.34. The topological polar surface area (TPSA) is 16.4 Å². The lowest BCUT2D eigenvalue weighted by Gasteiger charge is -2.26. The molecule has 0 radical (unpaired) electrons. The van der Waals surface area contributed by atoms with Crippen molar-refractivity contribution < 1.29 is 4.42 Å². The summed E-state index contributed by atoms with van der Waals surface area (Å²) in [5.41, 5.74) is 10.8. The Bertz CT molecular complexity index is 2290. The number of fused-ring (bicyclic) bond motifs is 10. The lowest BCUT2D eigenvalue weighted by Crippen LogP contribution is -2.09. The molecule has 0 unspecified atom stereocenters. The van der Waals surface area contributed by atoms with E-state index in [4.69, 9.17) is 4.42 Å². The number of anilines is 3. The van der Waals surface area contributed by atoms with Gasteiger partial charge in [-0.1, -0.05) is 91.0 Å². The van der Waals surface area contributed by atoms with Gasteiger partial charge in [-0.2, -0.15) is 0 Å². The molecule has 9 rings (SSSR count). The lowest BCUT2D eigenvalue weighted by atomic mass is 9.96. The largest absolute Gasteiger partial charge is 0.456 e. The maximum absolute atomic E-state index is 6.23. The minimum atomic E-state index is 0.934. The van der Waals surface area contributed by atoms with E-state index >= 15 is 0 Å². The number of furan rings is 1. The molecule has 0 aliphatic heterocycles. The molecule has 0 N–H and O–H groups in total. The number of rotatable bonds is 3. The SMILES string of the molecule is c1ccc(N(c2ccc3ccccc3c2)c2ccc3c4c(ccc3c2)-c2c(ccc3oc5ccccc5c23)C4)cc1. The molecule has 0 fully saturated rings. The van der Waals surface area contributed by atoms with E-state index in [1.807, 2.05) is 6.07 Å². The number of nitrogens with zero attached hydrogens (tertiary/aromatic N) is 1. The van der Waals surface area contributed by atoms with Crippen molar-refractivity contribution in [1.29, 1.82) is 0 Å². The van der Waals surface area contributed by atoms with Crippen LogP contribution in [0.25, 0.3) is 54.6 Å². The van der Waals surface area contributed by atoms with Crippen molar-refractivity contribution in [3.8, 4) is 11.1 Å². The summed E-state index contributed by atoms with van der Waals surface area (Å²) in [6.45, 7) is 0. The maximum atomic E-state index is 6.23.